The van der Waals surface area contributed by atoms with Gasteiger partial charge in [-0.25, -0.2) is 0 Å². The van der Waals surface area contributed by atoms with Gasteiger partial charge in [0.15, 0.2) is 0 Å². The molecule has 2 aliphatic rings. The smallest absolute Gasteiger partial charge is 0.230 e. The zero-order valence-corrected chi connectivity index (χ0v) is 15.5. The molecule has 2 fully saturated rings. The molecule has 25 heavy (non-hydrogen) atoms. The summed E-state index contributed by atoms with van der Waals surface area (Å²) in [6, 6.07) is 10.2. The molecule has 0 atom stereocenters. The molecule has 1 N–H and O–H groups in total. The molecular weight excluding hydrogens is 330 g/mol. The topological polar surface area (TPSA) is 38.3 Å². The fourth-order valence-electron chi connectivity index (χ4n) is 4.39. The summed E-state index contributed by atoms with van der Waals surface area (Å²) in [5.74, 6) is 0.988. The molecule has 2 aromatic rings. The highest BCUT2D eigenvalue weighted by molar-refractivity contribution is 7.08. The Kier molecular flexibility index (Phi) is 4.32. The Labute approximate surface area is 153 Å². The van der Waals surface area contributed by atoms with Crippen LogP contribution in [0.3, 0.4) is 0 Å². The number of hydrogen-bond acceptors (Lipinski definition) is 3. The first kappa shape index (κ1) is 16.6. The van der Waals surface area contributed by atoms with Crippen LogP contribution >= 0.6 is 11.3 Å². The number of rotatable bonds is 6. The lowest BCUT2D eigenvalue weighted by Crippen LogP contribution is -2.43. The third kappa shape index (κ3) is 2.86. The van der Waals surface area contributed by atoms with Crippen molar-refractivity contribution in [2.75, 3.05) is 13.7 Å². The van der Waals surface area contributed by atoms with Gasteiger partial charge in [0.05, 0.1) is 12.5 Å². The molecule has 132 valence electrons. The van der Waals surface area contributed by atoms with Crippen molar-refractivity contribution in [3.05, 3.63) is 52.2 Å². The Morgan fingerprint density at radius 2 is 1.92 bits per heavy atom. The summed E-state index contributed by atoms with van der Waals surface area (Å²) in [5.41, 5.74) is 2.18. The standard InChI is InChI=1S/C21H25NO2S/c1-24-18-7-3-2-6-17(18)21(11-12-21)19(23)22-15-20(9-4-5-10-20)16-8-13-25-14-16/h2-3,6-8,13-14H,4-5,9-12,15H2,1H3,(H,22,23). The second-order valence-corrected chi connectivity index (χ2v) is 8.24. The third-order valence-electron chi connectivity index (χ3n) is 6.09. The number of methoxy groups -OCH3 is 1. The fourth-order valence-corrected chi connectivity index (χ4v) is 5.17. The van der Waals surface area contributed by atoms with Gasteiger partial charge in [0, 0.05) is 17.5 Å². The van der Waals surface area contributed by atoms with Gasteiger partial charge in [0.25, 0.3) is 0 Å². The summed E-state index contributed by atoms with van der Waals surface area (Å²) in [4.78, 5) is 13.1. The van der Waals surface area contributed by atoms with E-state index in [2.05, 4.69) is 22.1 Å². The van der Waals surface area contributed by atoms with Gasteiger partial charge in [-0.2, -0.15) is 11.3 Å². The van der Waals surface area contributed by atoms with Gasteiger partial charge in [-0.1, -0.05) is 31.0 Å². The maximum atomic E-state index is 13.1. The number of amides is 1. The number of thiophene rings is 1. The van der Waals surface area contributed by atoms with Crippen molar-refractivity contribution in [3.8, 4) is 5.75 Å². The molecule has 4 heteroatoms. The molecule has 0 bridgehead atoms. The van der Waals surface area contributed by atoms with Crippen molar-refractivity contribution in [1.29, 1.82) is 0 Å². The van der Waals surface area contributed by atoms with E-state index in [4.69, 9.17) is 4.74 Å². The van der Waals surface area contributed by atoms with Crippen LogP contribution in [0.4, 0.5) is 0 Å². The molecule has 4 rings (SSSR count). The molecule has 0 aliphatic heterocycles. The number of nitrogens with one attached hydrogen (secondary N) is 1. The quantitative estimate of drug-likeness (QED) is 0.833. The van der Waals surface area contributed by atoms with E-state index in [1.807, 2.05) is 24.3 Å². The first-order valence-corrected chi connectivity index (χ1v) is 10.1. The first-order valence-electron chi connectivity index (χ1n) is 9.15. The Morgan fingerprint density at radius 3 is 2.56 bits per heavy atom. The minimum absolute atomic E-state index is 0.131. The maximum Gasteiger partial charge on any atom is 0.230 e. The van der Waals surface area contributed by atoms with Crippen LogP contribution in [-0.2, 0) is 15.6 Å². The second kappa shape index (κ2) is 6.49. The predicted molar refractivity (Wildman–Crippen MR) is 101 cm³/mol. The Hall–Kier alpha value is -1.81. The van der Waals surface area contributed by atoms with Gasteiger partial charge in [0.2, 0.25) is 5.91 Å². The molecule has 1 heterocycles. The molecule has 0 unspecified atom stereocenters. The summed E-state index contributed by atoms with van der Waals surface area (Å²) < 4.78 is 5.50. The van der Waals surface area contributed by atoms with E-state index in [1.54, 1.807) is 18.4 Å². The van der Waals surface area contributed by atoms with Crippen LogP contribution in [0.1, 0.15) is 49.7 Å². The lowest BCUT2D eigenvalue weighted by molar-refractivity contribution is -0.123. The lowest BCUT2D eigenvalue weighted by Gasteiger charge is -2.30. The van der Waals surface area contributed by atoms with Gasteiger partial charge in [-0.3, -0.25) is 4.79 Å². The van der Waals surface area contributed by atoms with Gasteiger partial charge < -0.3 is 10.1 Å². The van der Waals surface area contributed by atoms with E-state index in [0.29, 0.717) is 0 Å². The molecule has 0 spiro atoms. The van der Waals surface area contributed by atoms with Crippen LogP contribution in [0.2, 0.25) is 0 Å². The van der Waals surface area contributed by atoms with Crippen LogP contribution in [0.5, 0.6) is 5.75 Å². The molecule has 1 amide bonds. The molecule has 1 aromatic carbocycles. The van der Waals surface area contributed by atoms with Gasteiger partial charge in [0.1, 0.15) is 5.75 Å². The van der Waals surface area contributed by atoms with E-state index in [1.165, 1.54) is 31.2 Å². The second-order valence-electron chi connectivity index (χ2n) is 7.46. The number of ether oxygens (including phenoxy) is 1. The summed E-state index contributed by atoms with van der Waals surface area (Å²) in [6.07, 6.45) is 6.67. The first-order chi connectivity index (χ1) is 12.2. The minimum Gasteiger partial charge on any atom is -0.496 e. The number of carbonyl (C=O) groups excluding carboxylic acids is 1. The Morgan fingerprint density at radius 1 is 1.16 bits per heavy atom. The van der Waals surface area contributed by atoms with E-state index in [0.717, 1.165) is 30.7 Å². The fraction of sp³-hybridized carbons (Fsp3) is 0.476. The Balaban J connectivity index is 1.52. The molecule has 0 radical (unpaired) electrons. The van der Waals surface area contributed by atoms with Gasteiger partial charge in [-0.15, -0.1) is 0 Å². The van der Waals surface area contributed by atoms with Crippen molar-refractivity contribution < 1.29 is 9.53 Å². The molecular formula is C21H25NO2S. The van der Waals surface area contributed by atoms with E-state index in [-0.39, 0.29) is 16.7 Å². The van der Waals surface area contributed by atoms with Crippen molar-refractivity contribution in [2.45, 2.75) is 49.4 Å². The minimum atomic E-state index is -0.388. The van der Waals surface area contributed by atoms with Crippen LogP contribution < -0.4 is 10.1 Å². The van der Waals surface area contributed by atoms with Crippen molar-refractivity contribution in [2.24, 2.45) is 0 Å². The number of para-hydroxylation sites is 1. The largest absolute Gasteiger partial charge is 0.496 e. The monoisotopic (exact) mass is 355 g/mol. The van der Waals surface area contributed by atoms with Crippen molar-refractivity contribution >= 4 is 17.2 Å². The van der Waals surface area contributed by atoms with Crippen molar-refractivity contribution in [3.63, 3.8) is 0 Å². The van der Waals surface area contributed by atoms with E-state index >= 15 is 0 Å². The number of carbonyl (C=O) groups is 1. The van der Waals surface area contributed by atoms with Crippen LogP contribution in [0.15, 0.2) is 41.1 Å². The average molecular weight is 356 g/mol. The summed E-state index contributed by atoms with van der Waals surface area (Å²) in [5, 5.41) is 7.72. The SMILES string of the molecule is COc1ccccc1C1(C(=O)NCC2(c3ccsc3)CCCC2)CC1. The predicted octanol–water partition coefficient (Wildman–Crippen LogP) is 4.42. The van der Waals surface area contributed by atoms with E-state index < -0.39 is 0 Å². The van der Waals surface area contributed by atoms with E-state index in [9.17, 15) is 4.79 Å². The molecule has 3 nitrogen and oxygen atoms in total. The number of benzene rings is 1. The summed E-state index contributed by atoms with van der Waals surface area (Å²) in [6.45, 7) is 0.749. The van der Waals surface area contributed by atoms with Gasteiger partial charge >= 0.3 is 0 Å². The highest BCUT2D eigenvalue weighted by Gasteiger charge is 2.53. The average Bonchev–Trinajstić information content (AvgIpc) is 3.06. The highest BCUT2D eigenvalue weighted by Crippen LogP contribution is 2.51. The Bertz CT molecular complexity index is 743. The number of hydrogen-bond donors (Lipinski definition) is 1. The highest BCUT2D eigenvalue weighted by atomic mass is 32.1. The van der Waals surface area contributed by atoms with Gasteiger partial charge in [-0.05, 0) is 54.1 Å². The zero-order valence-electron chi connectivity index (χ0n) is 14.7. The normalized spacial score (nSPS) is 20.2. The maximum absolute atomic E-state index is 13.1. The molecule has 1 aromatic heterocycles. The van der Waals surface area contributed by atoms with Crippen molar-refractivity contribution in [1.82, 2.24) is 5.32 Å². The summed E-state index contributed by atoms with van der Waals surface area (Å²) in [7, 11) is 1.68. The molecule has 0 saturated heterocycles. The van der Waals surface area contributed by atoms with Crippen LogP contribution in [0, 0.1) is 0 Å². The summed E-state index contributed by atoms with van der Waals surface area (Å²) >= 11 is 1.75. The van der Waals surface area contributed by atoms with Crippen LogP contribution in [0.25, 0.3) is 0 Å². The lowest BCUT2D eigenvalue weighted by atomic mass is 9.80. The molecule has 2 saturated carbocycles. The third-order valence-corrected chi connectivity index (χ3v) is 6.77. The zero-order chi connectivity index (χ0) is 17.3. The molecule has 2 aliphatic carbocycles. The van der Waals surface area contributed by atoms with Crippen LogP contribution in [-0.4, -0.2) is 19.6 Å².